The quantitative estimate of drug-likeness (QED) is 0.815. The second kappa shape index (κ2) is 5.03. The summed E-state index contributed by atoms with van der Waals surface area (Å²) in [6.45, 7) is 3.85. The zero-order valence-corrected chi connectivity index (χ0v) is 12.0. The van der Waals surface area contributed by atoms with E-state index in [0.29, 0.717) is 0 Å². The van der Waals surface area contributed by atoms with Crippen LogP contribution in [0.15, 0.2) is 11.4 Å². The Morgan fingerprint density at radius 3 is 2.39 bits per heavy atom. The third kappa shape index (κ3) is 2.08. The summed E-state index contributed by atoms with van der Waals surface area (Å²) in [4.78, 5) is 0.964. The lowest BCUT2D eigenvalue weighted by atomic mass is 9.67. The van der Waals surface area contributed by atoms with Crippen molar-refractivity contribution < 1.29 is 5.11 Å². The highest BCUT2D eigenvalue weighted by atomic mass is 32.1. The first-order valence-corrected chi connectivity index (χ1v) is 7.60. The van der Waals surface area contributed by atoms with Crippen LogP contribution in [0, 0.1) is 23.7 Å². The molecule has 0 amide bonds. The van der Waals surface area contributed by atoms with Crippen molar-refractivity contribution >= 4 is 11.3 Å². The van der Waals surface area contributed by atoms with Crippen molar-refractivity contribution in [2.45, 2.75) is 58.0 Å². The summed E-state index contributed by atoms with van der Waals surface area (Å²) in [5, 5.41) is 22.7. The molecule has 0 saturated heterocycles. The van der Waals surface area contributed by atoms with Gasteiger partial charge in [-0.3, -0.25) is 0 Å². The van der Waals surface area contributed by atoms with Crippen molar-refractivity contribution in [1.29, 1.82) is 5.26 Å². The van der Waals surface area contributed by atoms with E-state index in [1.54, 1.807) is 11.3 Å². The number of hydrogen-bond acceptors (Lipinski definition) is 3. The molecule has 1 aromatic heterocycles. The molecule has 98 valence electrons. The Balaban J connectivity index is 2.42. The van der Waals surface area contributed by atoms with Gasteiger partial charge in [0.15, 0.2) is 0 Å². The first-order valence-electron chi connectivity index (χ1n) is 6.72. The first kappa shape index (κ1) is 13.6. The molecule has 1 unspecified atom stereocenters. The van der Waals surface area contributed by atoms with Crippen LogP contribution in [0.25, 0.3) is 0 Å². The Hall–Kier alpha value is -0.850. The van der Waals surface area contributed by atoms with Gasteiger partial charge in [-0.1, -0.05) is 25.7 Å². The lowest BCUT2D eigenvalue weighted by molar-refractivity contribution is -0.0507. The van der Waals surface area contributed by atoms with E-state index in [-0.39, 0.29) is 0 Å². The highest BCUT2D eigenvalue weighted by Crippen LogP contribution is 2.50. The van der Waals surface area contributed by atoms with E-state index in [1.165, 1.54) is 12.8 Å². The van der Waals surface area contributed by atoms with Crippen LogP contribution < -0.4 is 0 Å². The zero-order chi connectivity index (χ0) is 13.2. The van der Waals surface area contributed by atoms with Crippen LogP contribution in [-0.4, -0.2) is 5.11 Å². The number of rotatable bonds is 2. The van der Waals surface area contributed by atoms with Crippen LogP contribution >= 0.6 is 11.3 Å². The van der Waals surface area contributed by atoms with Crippen molar-refractivity contribution in [2.75, 3.05) is 0 Å². The minimum atomic E-state index is -1.02. The molecule has 1 fully saturated rings. The number of aliphatic hydroxyl groups is 1. The zero-order valence-electron chi connectivity index (χ0n) is 11.2. The summed E-state index contributed by atoms with van der Waals surface area (Å²) in [5.41, 5.74) is -0.535. The summed E-state index contributed by atoms with van der Waals surface area (Å²) < 4.78 is 0. The molecular weight excluding hydrogens is 242 g/mol. The monoisotopic (exact) mass is 263 g/mol. The molecule has 0 aromatic carbocycles. The van der Waals surface area contributed by atoms with Gasteiger partial charge in [-0.15, -0.1) is 11.3 Å². The lowest BCUT2D eigenvalue weighted by Gasteiger charge is -2.39. The van der Waals surface area contributed by atoms with Crippen LogP contribution in [0.5, 0.6) is 0 Å². The third-order valence-corrected chi connectivity index (χ3v) is 5.63. The van der Waals surface area contributed by atoms with Crippen LogP contribution in [0.1, 0.15) is 55.9 Å². The Bertz CT molecular complexity index is 447. The molecule has 2 rings (SSSR count). The second-order valence-electron chi connectivity index (χ2n) is 5.61. The van der Waals surface area contributed by atoms with Crippen molar-refractivity contribution in [3.63, 3.8) is 0 Å². The number of thiophene rings is 1. The molecular formula is C15H21NOS. The van der Waals surface area contributed by atoms with Crippen LogP contribution in [-0.2, 0) is 5.60 Å². The topological polar surface area (TPSA) is 44.0 Å². The maximum absolute atomic E-state index is 11.0. The molecule has 0 radical (unpaired) electrons. The lowest BCUT2D eigenvalue weighted by Crippen LogP contribution is -2.42. The van der Waals surface area contributed by atoms with E-state index in [4.69, 9.17) is 0 Å². The van der Waals surface area contributed by atoms with Gasteiger partial charge in [0.2, 0.25) is 0 Å². The molecule has 18 heavy (non-hydrogen) atoms. The van der Waals surface area contributed by atoms with Gasteiger partial charge in [-0.25, -0.2) is 0 Å². The van der Waals surface area contributed by atoms with Crippen molar-refractivity contribution in [3.05, 3.63) is 21.9 Å². The summed E-state index contributed by atoms with van der Waals surface area (Å²) in [6, 6.07) is 4.49. The highest BCUT2D eigenvalue weighted by molar-refractivity contribution is 7.10. The normalized spacial score (nSPS) is 22.8. The first-order chi connectivity index (χ1) is 8.53. The number of aryl methyl sites for hydroxylation is 1. The van der Waals surface area contributed by atoms with Gasteiger partial charge < -0.3 is 5.11 Å². The average molecular weight is 263 g/mol. The van der Waals surface area contributed by atoms with Crippen molar-refractivity contribution in [2.24, 2.45) is 5.41 Å². The van der Waals surface area contributed by atoms with Crippen LogP contribution in [0.2, 0.25) is 0 Å². The van der Waals surface area contributed by atoms with Crippen molar-refractivity contribution in [3.8, 4) is 6.07 Å². The van der Waals surface area contributed by atoms with Crippen LogP contribution in [0.4, 0.5) is 0 Å². The van der Waals surface area contributed by atoms with Gasteiger partial charge in [0.05, 0.1) is 11.5 Å². The second-order valence-corrected chi connectivity index (χ2v) is 6.53. The fourth-order valence-electron chi connectivity index (χ4n) is 3.13. The molecule has 0 bridgehead atoms. The molecule has 2 nitrogen and oxygen atoms in total. The third-order valence-electron chi connectivity index (χ3n) is 4.41. The minimum absolute atomic E-state index is 0.612. The molecule has 1 saturated carbocycles. The number of nitriles is 1. The average Bonchev–Trinajstić information content (AvgIpc) is 2.65. The van der Waals surface area contributed by atoms with Gasteiger partial charge in [0, 0.05) is 4.88 Å². The Morgan fingerprint density at radius 2 is 1.94 bits per heavy atom. The van der Waals surface area contributed by atoms with Gasteiger partial charge in [-0.05, 0) is 43.7 Å². The van der Waals surface area contributed by atoms with E-state index in [9.17, 15) is 10.4 Å². The van der Waals surface area contributed by atoms with Gasteiger partial charge >= 0.3 is 0 Å². The summed E-state index contributed by atoms with van der Waals surface area (Å²) in [5.74, 6) is 0. The van der Waals surface area contributed by atoms with E-state index in [1.807, 2.05) is 25.3 Å². The summed E-state index contributed by atoms with van der Waals surface area (Å²) in [6.07, 6.45) is 6.09. The van der Waals surface area contributed by atoms with Gasteiger partial charge in [0.25, 0.3) is 0 Å². The Labute approximate surface area is 113 Å². The molecule has 1 aliphatic rings. The standard InChI is InChI=1S/C15H21NOS/c1-12-7-10-18-13(12)14(2,17)15(11-16)8-5-3-4-6-9-15/h7,10,17H,3-6,8-9H2,1-2H3. The summed E-state index contributed by atoms with van der Waals surface area (Å²) in [7, 11) is 0. The maximum atomic E-state index is 11.0. The molecule has 1 heterocycles. The summed E-state index contributed by atoms with van der Waals surface area (Å²) >= 11 is 1.57. The van der Waals surface area contributed by atoms with Gasteiger partial charge in [0.1, 0.15) is 5.60 Å². The Kier molecular flexibility index (Phi) is 3.79. The van der Waals surface area contributed by atoms with E-state index in [2.05, 4.69) is 6.07 Å². The minimum Gasteiger partial charge on any atom is -0.383 e. The molecule has 1 aliphatic carbocycles. The van der Waals surface area contributed by atoms with Crippen molar-refractivity contribution in [1.82, 2.24) is 0 Å². The van der Waals surface area contributed by atoms with Crippen LogP contribution in [0.3, 0.4) is 0 Å². The smallest absolute Gasteiger partial charge is 0.115 e. The fourth-order valence-corrected chi connectivity index (χ4v) is 4.22. The maximum Gasteiger partial charge on any atom is 0.115 e. The fraction of sp³-hybridized carbons (Fsp3) is 0.667. The molecule has 1 atom stereocenters. The highest BCUT2D eigenvalue weighted by Gasteiger charge is 2.49. The SMILES string of the molecule is Cc1ccsc1C(C)(O)C1(C#N)CCCCCC1. The molecule has 1 N–H and O–H groups in total. The molecule has 0 spiro atoms. The molecule has 1 aromatic rings. The van der Waals surface area contributed by atoms with Gasteiger partial charge in [-0.2, -0.15) is 5.26 Å². The molecule has 3 heteroatoms. The Morgan fingerprint density at radius 1 is 1.33 bits per heavy atom. The molecule has 0 aliphatic heterocycles. The predicted octanol–water partition coefficient (Wildman–Crippen LogP) is 4.13. The number of nitrogens with zero attached hydrogens (tertiary/aromatic N) is 1. The van der Waals surface area contributed by atoms with E-state index in [0.717, 1.165) is 36.1 Å². The number of hydrogen-bond donors (Lipinski definition) is 1. The van der Waals surface area contributed by atoms with E-state index < -0.39 is 11.0 Å². The predicted molar refractivity (Wildman–Crippen MR) is 74.4 cm³/mol. The largest absolute Gasteiger partial charge is 0.383 e. The van der Waals surface area contributed by atoms with E-state index >= 15 is 0 Å².